The highest BCUT2D eigenvalue weighted by Crippen LogP contribution is 2.20. The molecule has 2 rings (SSSR count). The number of hydrogen-bond donors (Lipinski definition) is 1. The van der Waals surface area contributed by atoms with Gasteiger partial charge in [0.05, 0.1) is 19.2 Å². The standard InChI is InChI=1S/C15H18N2O3.2ClH/c1-3-20-15(18)13(16)7-10-6-11-8-12(19-2)4-5-14(11)17-9-10;;/h4-6,8-9,13H,3,7,16H2,1-2H3;2*1H. The van der Waals surface area contributed by atoms with E-state index < -0.39 is 12.0 Å². The fraction of sp³-hybridized carbons (Fsp3) is 0.333. The molecule has 0 aliphatic carbocycles. The summed E-state index contributed by atoms with van der Waals surface area (Å²) in [5, 5.41) is 0.956. The van der Waals surface area contributed by atoms with Crippen LogP contribution in [0.3, 0.4) is 0 Å². The molecular formula is C15H20Cl2N2O3. The number of ether oxygens (including phenoxy) is 2. The summed E-state index contributed by atoms with van der Waals surface area (Å²) >= 11 is 0. The van der Waals surface area contributed by atoms with Crippen molar-refractivity contribution in [3.05, 3.63) is 36.0 Å². The maximum absolute atomic E-state index is 11.5. The van der Waals surface area contributed by atoms with Crippen LogP contribution in [0.2, 0.25) is 0 Å². The number of nitrogens with zero attached hydrogens (tertiary/aromatic N) is 1. The summed E-state index contributed by atoms with van der Waals surface area (Å²) in [7, 11) is 1.62. The average Bonchev–Trinajstić information content (AvgIpc) is 2.46. The van der Waals surface area contributed by atoms with E-state index in [1.54, 1.807) is 20.2 Å². The summed E-state index contributed by atoms with van der Waals surface area (Å²) in [6.45, 7) is 2.09. The van der Waals surface area contributed by atoms with Crippen LogP contribution in [-0.4, -0.2) is 30.7 Å². The zero-order valence-electron chi connectivity index (χ0n) is 12.4. The maximum atomic E-state index is 11.5. The summed E-state index contributed by atoms with van der Waals surface area (Å²) in [5.74, 6) is 0.379. The molecule has 0 amide bonds. The van der Waals surface area contributed by atoms with E-state index in [1.165, 1.54) is 0 Å². The van der Waals surface area contributed by atoms with Gasteiger partial charge in [0.1, 0.15) is 11.8 Å². The lowest BCUT2D eigenvalue weighted by molar-refractivity contribution is -0.144. The molecular weight excluding hydrogens is 327 g/mol. The van der Waals surface area contributed by atoms with Gasteiger partial charge in [0.15, 0.2) is 0 Å². The van der Waals surface area contributed by atoms with Crippen LogP contribution in [0, 0.1) is 0 Å². The second kappa shape index (κ2) is 9.46. The van der Waals surface area contributed by atoms with Gasteiger partial charge in [-0.15, -0.1) is 24.8 Å². The average molecular weight is 347 g/mol. The Morgan fingerprint density at radius 3 is 2.68 bits per heavy atom. The Hall–Kier alpha value is -1.56. The summed E-state index contributed by atoms with van der Waals surface area (Å²) in [5.41, 5.74) is 7.58. The molecule has 0 bridgehead atoms. The van der Waals surface area contributed by atoms with E-state index in [1.807, 2.05) is 24.3 Å². The van der Waals surface area contributed by atoms with Crippen molar-refractivity contribution in [3.63, 3.8) is 0 Å². The first-order valence-electron chi connectivity index (χ1n) is 6.49. The van der Waals surface area contributed by atoms with Crippen molar-refractivity contribution in [3.8, 4) is 5.75 Å². The first-order valence-corrected chi connectivity index (χ1v) is 6.49. The highest BCUT2D eigenvalue weighted by atomic mass is 35.5. The van der Waals surface area contributed by atoms with E-state index in [2.05, 4.69) is 4.98 Å². The van der Waals surface area contributed by atoms with Crippen LogP contribution < -0.4 is 10.5 Å². The largest absolute Gasteiger partial charge is 0.497 e. The van der Waals surface area contributed by atoms with Gasteiger partial charge in [0.2, 0.25) is 0 Å². The van der Waals surface area contributed by atoms with E-state index in [0.717, 1.165) is 22.2 Å². The molecule has 7 heteroatoms. The van der Waals surface area contributed by atoms with Gasteiger partial charge >= 0.3 is 5.97 Å². The van der Waals surface area contributed by atoms with Crippen LogP contribution in [0.5, 0.6) is 5.75 Å². The Kier molecular flexibility index (Phi) is 8.79. The maximum Gasteiger partial charge on any atom is 0.323 e. The van der Waals surface area contributed by atoms with Crippen molar-refractivity contribution in [2.75, 3.05) is 13.7 Å². The van der Waals surface area contributed by atoms with Gasteiger partial charge in [-0.3, -0.25) is 9.78 Å². The summed E-state index contributed by atoms with van der Waals surface area (Å²) < 4.78 is 10.1. The second-order valence-corrected chi connectivity index (χ2v) is 4.46. The van der Waals surface area contributed by atoms with Crippen LogP contribution >= 0.6 is 24.8 Å². The van der Waals surface area contributed by atoms with Gasteiger partial charge in [-0.25, -0.2) is 0 Å². The molecule has 1 heterocycles. The molecule has 0 saturated carbocycles. The molecule has 1 aromatic heterocycles. The normalized spacial score (nSPS) is 11.0. The lowest BCUT2D eigenvalue weighted by Crippen LogP contribution is -2.34. The van der Waals surface area contributed by atoms with Gasteiger partial charge in [0.25, 0.3) is 0 Å². The van der Waals surface area contributed by atoms with Crippen LogP contribution in [0.4, 0.5) is 0 Å². The van der Waals surface area contributed by atoms with Gasteiger partial charge in [-0.05, 0) is 43.2 Å². The van der Waals surface area contributed by atoms with E-state index in [9.17, 15) is 4.79 Å². The van der Waals surface area contributed by atoms with Crippen molar-refractivity contribution in [1.82, 2.24) is 4.98 Å². The molecule has 5 nitrogen and oxygen atoms in total. The highest BCUT2D eigenvalue weighted by Gasteiger charge is 2.15. The Balaban J connectivity index is 0.00000220. The van der Waals surface area contributed by atoms with Crippen molar-refractivity contribution >= 4 is 41.7 Å². The third-order valence-corrected chi connectivity index (χ3v) is 2.99. The molecule has 0 aliphatic rings. The second-order valence-electron chi connectivity index (χ2n) is 4.46. The van der Waals surface area contributed by atoms with Crippen molar-refractivity contribution < 1.29 is 14.3 Å². The first-order chi connectivity index (χ1) is 9.63. The van der Waals surface area contributed by atoms with Gasteiger partial charge in [0, 0.05) is 11.6 Å². The van der Waals surface area contributed by atoms with Gasteiger partial charge in [-0.2, -0.15) is 0 Å². The molecule has 1 aromatic carbocycles. The lowest BCUT2D eigenvalue weighted by Gasteiger charge is -2.11. The fourth-order valence-corrected chi connectivity index (χ4v) is 1.98. The number of esters is 1. The van der Waals surface area contributed by atoms with Crippen molar-refractivity contribution in [2.45, 2.75) is 19.4 Å². The lowest BCUT2D eigenvalue weighted by atomic mass is 10.1. The molecule has 0 saturated heterocycles. The third-order valence-electron chi connectivity index (χ3n) is 2.99. The molecule has 22 heavy (non-hydrogen) atoms. The molecule has 1 unspecified atom stereocenters. The minimum Gasteiger partial charge on any atom is -0.497 e. The molecule has 0 spiro atoms. The molecule has 1 atom stereocenters. The number of hydrogen-bond acceptors (Lipinski definition) is 5. The molecule has 2 N–H and O–H groups in total. The number of carbonyl (C=O) groups is 1. The van der Waals surface area contributed by atoms with E-state index in [-0.39, 0.29) is 24.8 Å². The number of pyridine rings is 1. The topological polar surface area (TPSA) is 74.4 Å². The zero-order chi connectivity index (χ0) is 14.5. The molecule has 2 aromatic rings. The smallest absolute Gasteiger partial charge is 0.323 e. The van der Waals surface area contributed by atoms with Crippen LogP contribution in [0.1, 0.15) is 12.5 Å². The number of rotatable bonds is 5. The quantitative estimate of drug-likeness (QED) is 0.842. The van der Waals surface area contributed by atoms with E-state index in [4.69, 9.17) is 15.2 Å². The Morgan fingerprint density at radius 2 is 2.05 bits per heavy atom. The minimum atomic E-state index is -0.667. The van der Waals surface area contributed by atoms with E-state index >= 15 is 0 Å². The van der Waals surface area contributed by atoms with Crippen LogP contribution in [-0.2, 0) is 16.0 Å². The number of halogens is 2. The Morgan fingerprint density at radius 1 is 1.32 bits per heavy atom. The summed E-state index contributed by atoms with van der Waals surface area (Å²) in [6, 6.07) is 6.95. The SMILES string of the molecule is CCOC(=O)C(N)Cc1cnc2ccc(OC)cc2c1.Cl.Cl. The number of carbonyl (C=O) groups excluding carboxylic acids is 1. The Labute approximate surface area is 142 Å². The van der Waals surface area contributed by atoms with Gasteiger partial charge in [-0.1, -0.05) is 0 Å². The number of benzene rings is 1. The molecule has 0 radical (unpaired) electrons. The van der Waals surface area contributed by atoms with Crippen LogP contribution in [0.25, 0.3) is 10.9 Å². The number of methoxy groups -OCH3 is 1. The molecule has 0 aliphatic heterocycles. The number of fused-ring (bicyclic) bond motifs is 1. The van der Waals surface area contributed by atoms with Crippen molar-refractivity contribution in [2.24, 2.45) is 5.73 Å². The Bertz CT molecular complexity index is 623. The fourth-order valence-electron chi connectivity index (χ4n) is 1.98. The minimum absolute atomic E-state index is 0. The predicted octanol–water partition coefficient (Wildman–Crippen LogP) is 2.52. The third kappa shape index (κ3) is 5.02. The first kappa shape index (κ1) is 20.4. The number of aromatic nitrogens is 1. The zero-order valence-corrected chi connectivity index (χ0v) is 14.1. The summed E-state index contributed by atoms with van der Waals surface area (Å²) in [4.78, 5) is 15.9. The molecule has 122 valence electrons. The number of nitrogens with two attached hydrogens (primary N) is 1. The van der Waals surface area contributed by atoms with Gasteiger partial charge < -0.3 is 15.2 Å². The van der Waals surface area contributed by atoms with Crippen LogP contribution in [0.15, 0.2) is 30.5 Å². The van der Waals surface area contributed by atoms with E-state index in [0.29, 0.717) is 13.0 Å². The van der Waals surface area contributed by atoms with Crippen molar-refractivity contribution in [1.29, 1.82) is 0 Å². The monoisotopic (exact) mass is 346 g/mol. The molecule has 0 fully saturated rings. The highest BCUT2D eigenvalue weighted by molar-refractivity contribution is 5.85. The predicted molar refractivity (Wildman–Crippen MR) is 91.1 cm³/mol. The summed E-state index contributed by atoms with van der Waals surface area (Å²) in [6.07, 6.45) is 2.13.